The molecular formula is C20H40N2O. The molecule has 0 amide bonds. The highest BCUT2D eigenvalue weighted by Crippen LogP contribution is 2.05. The SMILES string of the molecule is CC.CCC(C)C=O.CCCC.CCCCc1cncnc1C. The van der Waals surface area contributed by atoms with Crippen molar-refractivity contribution in [2.45, 2.75) is 93.9 Å². The van der Waals surface area contributed by atoms with Gasteiger partial charge in [0.05, 0.1) is 0 Å². The smallest absolute Gasteiger partial charge is 0.122 e. The zero-order valence-electron chi connectivity index (χ0n) is 16.9. The van der Waals surface area contributed by atoms with Crippen molar-refractivity contribution in [2.24, 2.45) is 5.92 Å². The fraction of sp³-hybridized carbons (Fsp3) is 0.750. The van der Waals surface area contributed by atoms with E-state index in [-0.39, 0.29) is 5.92 Å². The van der Waals surface area contributed by atoms with Gasteiger partial charge in [-0.2, -0.15) is 0 Å². The highest BCUT2D eigenvalue weighted by atomic mass is 16.1. The molecule has 0 saturated carbocycles. The Kier molecular flexibility index (Phi) is 26.7. The van der Waals surface area contributed by atoms with Crippen LogP contribution in [0.1, 0.15) is 91.8 Å². The number of nitrogens with zero attached hydrogens (tertiary/aromatic N) is 2. The first-order valence-corrected chi connectivity index (χ1v) is 9.27. The molecule has 0 radical (unpaired) electrons. The predicted molar refractivity (Wildman–Crippen MR) is 103 cm³/mol. The molecule has 3 heteroatoms. The summed E-state index contributed by atoms with van der Waals surface area (Å²) in [5.41, 5.74) is 2.41. The number of carbonyl (C=O) groups is 1. The van der Waals surface area contributed by atoms with Gasteiger partial charge in [0.1, 0.15) is 12.6 Å². The molecular weight excluding hydrogens is 284 g/mol. The monoisotopic (exact) mass is 324 g/mol. The number of hydrogen-bond acceptors (Lipinski definition) is 3. The fourth-order valence-corrected chi connectivity index (χ4v) is 1.13. The summed E-state index contributed by atoms with van der Waals surface area (Å²) < 4.78 is 0. The lowest BCUT2D eigenvalue weighted by molar-refractivity contribution is -0.110. The lowest BCUT2D eigenvalue weighted by Gasteiger charge is -2.00. The zero-order valence-corrected chi connectivity index (χ0v) is 16.9. The van der Waals surface area contributed by atoms with Gasteiger partial charge in [-0.05, 0) is 31.7 Å². The maximum Gasteiger partial charge on any atom is 0.122 e. The van der Waals surface area contributed by atoms with Gasteiger partial charge in [-0.25, -0.2) is 9.97 Å². The molecule has 1 unspecified atom stereocenters. The first kappa shape index (κ1) is 26.6. The number of aldehydes is 1. The van der Waals surface area contributed by atoms with Crippen LogP contribution in [-0.4, -0.2) is 16.3 Å². The molecule has 0 aromatic carbocycles. The number of aromatic nitrogens is 2. The molecule has 1 heterocycles. The Balaban J connectivity index is -0.000000283. The molecule has 1 rings (SSSR count). The fourth-order valence-electron chi connectivity index (χ4n) is 1.13. The van der Waals surface area contributed by atoms with Crippen LogP contribution in [0.5, 0.6) is 0 Å². The van der Waals surface area contributed by atoms with E-state index in [2.05, 4.69) is 30.7 Å². The van der Waals surface area contributed by atoms with E-state index >= 15 is 0 Å². The summed E-state index contributed by atoms with van der Waals surface area (Å²) in [6.45, 7) is 16.5. The van der Waals surface area contributed by atoms with Gasteiger partial charge < -0.3 is 4.79 Å². The van der Waals surface area contributed by atoms with E-state index in [1.165, 1.54) is 31.2 Å². The summed E-state index contributed by atoms with van der Waals surface area (Å²) in [7, 11) is 0. The van der Waals surface area contributed by atoms with Gasteiger partial charge in [-0.15, -0.1) is 0 Å². The lowest BCUT2D eigenvalue weighted by Crippen LogP contribution is -1.93. The third-order valence-electron chi connectivity index (χ3n) is 3.19. The normalized spacial score (nSPS) is 9.91. The molecule has 0 bridgehead atoms. The third-order valence-corrected chi connectivity index (χ3v) is 3.19. The second kappa shape index (κ2) is 23.0. The quantitative estimate of drug-likeness (QED) is 0.586. The second-order valence-electron chi connectivity index (χ2n) is 5.26. The van der Waals surface area contributed by atoms with Gasteiger partial charge in [-0.1, -0.05) is 67.7 Å². The Labute approximate surface area is 145 Å². The molecule has 0 aliphatic carbocycles. The molecule has 23 heavy (non-hydrogen) atoms. The molecule has 0 N–H and O–H groups in total. The Morgan fingerprint density at radius 1 is 1.09 bits per heavy atom. The minimum Gasteiger partial charge on any atom is -0.303 e. The Morgan fingerprint density at radius 2 is 1.65 bits per heavy atom. The van der Waals surface area contributed by atoms with Crippen LogP contribution < -0.4 is 0 Å². The van der Waals surface area contributed by atoms with Crippen LogP contribution in [0.3, 0.4) is 0 Å². The number of rotatable bonds is 6. The molecule has 0 saturated heterocycles. The molecule has 0 spiro atoms. The van der Waals surface area contributed by atoms with Crippen molar-refractivity contribution in [3.8, 4) is 0 Å². The average molecular weight is 325 g/mol. The largest absolute Gasteiger partial charge is 0.303 e. The molecule has 1 atom stereocenters. The van der Waals surface area contributed by atoms with Crippen LogP contribution in [0, 0.1) is 12.8 Å². The average Bonchev–Trinajstić information content (AvgIpc) is 2.62. The van der Waals surface area contributed by atoms with E-state index < -0.39 is 0 Å². The number of hydrogen-bond donors (Lipinski definition) is 0. The highest BCUT2D eigenvalue weighted by Gasteiger charge is 1.96. The van der Waals surface area contributed by atoms with E-state index in [0.717, 1.165) is 24.8 Å². The number of carbonyl (C=O) groups excluding carboxylic acids is 1. The van der Waals surface area contributed by atoms with Crippen LogP contribution in [0.4, 0.5) is 0 Å². The topological polar surface area (TPSA) is 42.9 Å². The minimum absolute atomic E-state index is 0.255. The number of unbranched alkanes of at least 4 members (excludes halogenated alkanes) is 2. The van der Waals surface area contributed by atoms with Gasteiger partial charge in [-0.3, -0.25) is 0 Å². The van der Waals surface area contributed by atoms with Crippen molar-refractivity contribution in [3.63, 3.8) is 0 Å². The molecule has 136 valence electrons. The van der Waals surface area contributed by atoms with Crippen molar-refractivity contribution in [1.29, 1.82) is 0 Å². The summed E-state index contributed by atoms with van der Waals surface area (Å²) in [5.74, 6) is 0.255. The molecule has 0 aliphatic heterocycles. The van der Waals surface area contributed by atoms with Crippen molar-refractivity contribution in [2.75, 3.05) is 0 Å². The van der Waals surface area contributed by atoms with Gasteiger partial charge in [0.2, 0.25) is 0 Å². The molecule has 0 aliphatic rings. The Bertz CT molecular complexity index is 338. The molecule has 3 nitrogen and oxygen atoms in total. The van der Waals surface area contributed by atoms with Crippen LogP contribution in [0.2, 0.25) is 0 Å². The van der Waals surface area contributed by atoms with Crippen molar-refractivity contribution >= 4 is 6.29 Å². The maximum absolute atomic E-state index is 9.74. The Morgan fingerprint density at radius 3 is 1.96 bits per heavy atom. The van der Waals surface area contributed by atoms with Crippen LogP contribution in [0.15, 0.2) is 12.5 Å². The van der Waals surface area contributed by atoms with Crippen LogP contribution >= 0.6 is 0 Å². The minimum atomic E-state index is 0.255. The van der Waals surface area contributed by atoms with E-state index in [0.29, 0.717) is 0 Å². The summed E-state index contributed by atoms with van der Waals surface area (Å²) in [5, 5.41) is 0. The summed E-state index contributed by atoms with van der Waals surface area (Å²) in [6, 6.07) is 0. The first-order chi connectivity index (χ1) is 11.1. The maximum atomic E-state index is 9.74. The molecule has 1 aromatic rings. The summed E-state index contributed by atoms with van der Waals surface area (Å²) in [6.07, 6.45) is 11.7. The predicted octanol–water partition coefficient (Wildman–Crippen LogP) is 6.19. The van der Waals surface area contributed by atoms with Gasteiger partial charge in [0, 0.05) is 17.8 Å². The van der Waals surface area contributed by atoms with Crippen molar-refractivity contribution < 1.29 is 4.79 Å². The van der Waals surface area contributed by atoms with E-state index in [9.17, 15) is 4.79 Å². The third kappa shape index (κ3) is 20.8. The van der Waals surface area contributed by atoms with Gasteiger partial charge >= 0.3 is 0 Å². The van der Waals surface area contributed by atoms with Crippen LogP contribution in [-0.2, 0) is 11.2 Å². The highest BCUT2D eigenvalue weighted by molar-refractivity contribution is 5.52. The molecule has 1 aromatic heterocycles. The van der Waals surface area contributed by atoms with E-state index in [4.69, 9.17) is 0 Å². The standard InChI is InChI=1S/C9H14N2.C5H10O.C4H10.C2H6/c1-3-4-5-9-6-10-7-11-8(9)2;1-3-5(2)4-6;1-3-4-2;1-2/h6-7H,3-5H2,1-2H3;4-5H,3H2,1-2H3;3-4H2,1-2H3;1-2H3. The summed E-state index contributed by atoms with van der Waals surface area (Å²) >= 11 is 0. The van der Waals surface area contributed by atoms with Crippen molar-refractivity contribution in [1.82, 2.24) is 9.97 Å². The van der Waals surface area contributed by atoms with Crippen LogP contribution in [0.25, 0.3) is 0 Å². The Hall–Kier alpha value is -1.25. The van der Waals surface area contributed by atoms with Gasteiger partial charge in [0.25, 0.3) is 0 Å². The van der Waals surface area contributed by atoms with Gasteiger partial charge in [0.15, 0.2) is 0 Å². The molecule has 0 fully saturated rings. The first-order valence-electron chi connectivity index (χ1n) is 9.27. The van der Waals surface area contributed by atoms with Crippen molar-refractivity contribution in [3.05, 3.63) is 23.8 Å². The van der Waals surface area contributed by atoms with E-state index in [1.54, 1.807) is 6.33 Å². The van der Waals surface area contributed by atoms with E-state index in [1.807, 2.05) is 40.8 Å². The summed E-state index contributed by atoms with van der Waals surface area (Å²) in [4.78, 5) is 17.8. The second-order valence-corrected chi connectivity index (χ2v) is 5.26. The number of aryl methyl sites for hydroxylation is 2. The zero-order chi connectivity index (χ0) is 18.5. The lowest BCUT2D eigenvalue weighted by atomic mass is 10.1.